The SMILES string of the molecule is C=CCOS(=O)(=O)OCCONCCO. The van der Waals surface area contributed by atoms with Gasteiger partial charge >= 0.3 is 10.4 Å². The van der Waals surface area contributed by atoms with Crippen molar-refractivity contribution in [3.63, 3.8) is 0 Å². The molecule has 0 aliphatic heterocycles. The maximum Gasteiger partial charge on any atom is 0.400 e. The number of hydrogen-bond donors (Lipinski definition) is 2. The van der Waals surface area contributed by atoms with E-state index in [1.165, 1.54) is 6.08 Å². The van der Waals surface area contributed by atoms with Gasteiger partial charge in [-0.3, -0.25) is 4.84 Å². The zero-order chi connectivity index (χ0) is 11.6. The van der Waals surface area contributed by atoms with Crippen LogP contribution in [0.1, 0.15) is 0 Å². The second-order valence-electron chi connectivity index (χ2n) is 2.27. The van der Waals surface area contributed by atoms with Gasteiger partial charge in [0.2, 0.25) is 0 Å². The molecule has 0 unspecified atom stereocenters. The average Bonchev–Trinajstić information content (AvgIpc) is 2.20. The molecule has 0 fully saturated rings. The Kier molecular flexibility index (Phi) is 8.47. The van der Waals surface area contributed by atoms with Crippen molar-refractivity contribution in [1.29, 1.82) is 0 Å². The number of nitrogens with one attached hydrogen (secondary N) is 1. The van der Waals surface area contributed by atoms with Crippen LogP contribution >= 0.6 is 0 Å². The lowest BCUT2D eigenvalue weighted by atomic mass is 10.7. The van der Waals surface area contributed by atoms with E-state index in [0.29, 0.717) is 0 Å². The van der Waals surface area contributed by atoms with Crippen LogP contribution in [-0.2, 0) is 23.6 Å². The first kappa shape index (κ1) is 14.5. The highest BCUT2D eigenvalue weighted by Crippen LogP contribution is 1.95. The van der Waals surface area contributed by atoms with Gasteiger partial charge in [0.05, 0.1) is 26.4 Å². The third-order valence-corrected chi connectivity index (χ3v) is 1.94. The van der Waals surface area contributed by atoms with Gasteiger partial charge in [0.25, 0.3) is 0 Å². The first-order valence-electron chi connectivity index (χ1n) is 4.22. The third-order valence-electron chi connectivity index (χ3n) is 1.06. The molecular weight excluding hydrogens is 226 g/mol. The van der Waals surface area contributed by atoms with Crippen LogP contribution in [-0.4, -0.2) is 46.5 Å². The molecule has 90 valence electrons. The molecule has 2 N–H and O–H groups in total. The number of rotatable bonds is 10. The molecule has 0 saturated carbocycles. The van der Waals surface area contributed by atoms with Crippen molar-refractivity contribution >= 4 is 10.4 Å². The average molecular weight is 241 g/mol. The quantitative estimate of drug-likeness (QED) is 0.287. The molecule has 0 aromatic carbocycles. The van der Waals surface area contributed by atoms with E-state index < -0.39 is 10.4 Å². The van der Waals surface area contributed by atoms with E-state index in [1.54, 1.807) is 0 Å². The first-order chi connectivity index (χ1) is 7.12. The molecule has 0 heterocycles. The number of aliphatic hydroxyl groups excluding tert-OH is 1. The molecule has 0 aliphatic rings. The van der Waals surface area contributed by atoms with Gasteiger partial charge in [0.1, 0.15) is 0 Å². The van der Waals surface area contributed by atoms with E-state index in [2.05, 4.69) is 20.4 Å². The largest absolute Gasteiger partial charge is 0.400 e. The summed E-state index contributed by atoms with van der Waals surface area (Å²) >= 11 is 0. The van der Waals surface area contributed by atoms with Crippen molar-refractivity contribution in [1.82, 2.24) is 5.48 Å². The van der Waals surface area contributed by atoms with Crippen LogP contribution < -0.4 is 5.48 Å². The standard InChI is InChI=1S/C7H15NO6S/c1-2-5-13-15(10,11)14-7-6-12-8-3-4-9/h2,8-9H,1,3-7H2. The summed E-state index contributed by atoms with van der Waals surface area (Å²) in [6.07, 6.45) is 1.29. The number of hydrogen-bond acceptors (Lipinski definition) is 7. The van der Waals surface area contributed by atoms with Crippen LogP contribution in [0.2, 0.25) is 0 Å². The van der Waals surface area contributed by atoms with Gasteiger partial charge in [0.15, 0.2) is 0 Å². The van der Waals surface area contributed by atoms with E-state index in [1.807, 2.05) is 0 Å². The maximum atomic E-state index is 10.9. The molecule has 0 rings (SSSR count). The molecule has 0 aliphatic carbocycles. The normalized spacial score (nSPS) is 11.5. The highest BCUT2D eigenvalue weighted by Gasteiger charge is 2.09. The summed E-state index contributed by atoms with van der Waals surface area (Å²) in [7, 11) is -3.96. The van der Waals surface area contributed by atoms with Crippen molar-refractivity contribution in [3.05, 3.63) is 12.7 Å². The van der Waals surface area contributed by atoms with Crippen molar-refractivity contribution in [2.24, 2.45) is 0 Å². The van der Waals surface area contributed by atoms with Gasteiger partial charge in [-0.15, -0.1) is 6.58 Å². The Balaban J connectivity index is 3.44. The van der Waals surface area contributed by atoms with Gasteiger partial charge in [-0.1, -0.05) is 6.08 Å². The van der Waals surface area contributed by atoms with Crippen molar-refractivity contribution < 1.29 is 26.7 Å². The van der Waals surface area contributed by atoms with E-state index in [0.717, 1.165) is 0 Å². The Morgan fingerprint density at radius 1 is 1.33 bits per heavy atom. The minimum absolute atomic E-state index is 0.0245. The van der Waals surface area contributed by atoms with E-state index in [9.17, 15) is 8.42 Å². The van der Waals surface area contributed by atoms with Crippen LogP contribution in [0.4, 0.5) is 0 Å². The fraction of sp³-hybridized carbons (Fsp3) is 0.714. The van der Waals surface area contributed by atoms with E-state index in [4.69, 9.17) is 9.94 Å². The maximum absolute atomic E-state index is 10.9. The Hall–Kier alpha value is -0.510. The van der Waals surface area contributed by atoms with E-state index in [-0.39, 0.29) is 33.0 Å². The summed E-state index contributed by atoms with van der Waals surface area (Å²) < 4.78 is 30.4. The molecule has 0 radical (unpaired) electrons. The molecule has 0 bridgehead atoms. The summed E-state index contributed by atoms with van der Waals surface area (Å²) in [5.41, 5.74) is 2.38. The van der Waals surface area contributed by atoms with Crippen LogP contribution in [0.3, 0.4) is 0 Å². The second kappa shape index (κ2) is 8.77. The molecule has 0 aromatic heterocycles. The van der Waals surface area contributed by atoms with Crippen LogP contribution in [0.25, 0.3) is 0 Å². The molecule has 0 spiro atoms. The van der Waals surface area contributed by atoms with Gasteiger partial charge in [-0.2, -0.15) is 8.42 Å². The highest BCUT2D eigenvalue weighted by molar-refractivity contribution is 7.81. The van der Waals surface area contributed by atoms with Crippen LogP contribution in [0.15, 0.2) is 12.7 Å². The van der Waals surface area contributed by atoms with E-state index >= 15 is 0 Å². The Labute approximate surface area is 88.9 Å². The van der Waals surface area contributed by atoms with Crippen molar-refractivity contribution in [3.8, 4) is 0 Å². The van der Waals surface area contributed by atoms with Crippen molar-refractivity contribution in [2.45, 2.75) is 0 Å². The van der Waals surface area contributed by atoms with Crippen LogP contribution in [0, 0.1) is 0 Å². The summed E-state index contributed by atoms with van der Waals surface area (Å²) in [6.45, 7) is 3.21. The fourth-order valence-corrected chi connectivity index (χ4v) is 1.14. The number of hydroxylamine groups is 1. The highest BCUT2D eigenvalue weighted by atomic mass is 32.3. The zero-order valence-corrected chi connectivity index (χ0v) is 9.03. The lowest BCUT2D eigenvalue weighted by Gasteiger charge is -2.05. The second-order valence-corrected chi connectivity index (χ2v) is 3.56. The lowest BCUT2D eigenvalue weighted by Crippen LogP contribution is -2.22. The molecule has 0 amide bonds. The monoisotopic (exact) mass is 241 g/mol. The zero-order valence-electron chi connectivity index (χ0n) is 8.22. The minimum Gasteiger partial charge on any atom is -0.395 e. The third kappa shape index (κ3) is 9.79. The predicted octanol–water partition coefficient (Wildman–Crippen LogP) is -1.04. The minimum atomic E-state index is -3.96. The number of aliphatic hydroxyl groups is 1. The molecule has 15 heavy (non-hydrogen) atoms. The van der Waals surface area contributed by atoms with Gasteiger partial charge in [-0.25, -0.2) is 13.8 Å². The van der Waals surface area contributed by atoms with Crippen LogP contribution in [0.5, 0.6) is 0 Å². The molecule has 7 nitrogen and oxygen atoms in total. The Morgan fingerprint density at radius 3 is 2.67 bits per heavy atom. The summed E-state index contributed by atoms with van der Waals surface area (Å²) in [5.74, 6) is 0. The molecule has 8 heteroatoms. The molecule has 0 atom stereocenters. The summed E-state index contributed by atoms with van der Waals surface area (Å²) in [4.78, 5) is 4.70. The van der Waals surface area contributed by atoms with Gasteiger partial charge < -0.3 is 5.11 Å². The molecule has 0 saturated heterocycles. The summed E-state index contributed by atoms with van der Waals surface area (Å²) in [5, 5.41) is 8.35. The first-order valence-corrected chi connectivity index (χ1v) is 5.56. The van der Waals surface area contributed by atoms with Gasteiger partial charge in [-0.05, 0) is 0 Å². The lowest BCUT2D eigenvalue weighted by molar-refractivity contribution is 0.0138. The summed E-state index contributed by atoms with van der Waals surface area (Å²) in [6, 6.07) is 0. The predicted molar refractivity (Wildman–Crippen MR) is 52.1 cm³/mol. The van der Waals surface area contributed by atoms with Crippen molar-refractivity contribution in [2.75, 3.05) is 33.0 Å². The fourth-order valence-electron chi connectivity index (χ4n) is 0.533. The Bertz CT molecular complexity index is 252. The smallest absolute Gasteiger partial charge is 0.395 e. The van der Waals surface area contributed by atoms with Gasteiger partial charge in [0, 0.05) is 6.54 Å². The molecule has 0 aromatic rings. The molecular formula is C7H15NO6S. The topological polar surface area (TPSA) is 94.1 Å². The Morgan fingerprint density at radius 2 is 2.07 bits per heavy atom.